The first-order valence-electron chi connectivity index (χ1n) is 10.0. The summed E-state index contributed by atoms with van der Waals surface area (Å²) < 4.78 is 26.3. The second kappa shape index (κ2) is 10.5. The second-order valence-corrected chi connectivity index (χ2v) is 7.19. The van der Waals surface area contributed by atoms with Crippen LogP contribution in [0.5, 0.6) is 17.2 Å². The van der Waals surface area contributed by atoms with Gasteiger partial charge in [0.1, 0.15) is 0 Å². The molecule has 0 aliphatic carbocycles. The maximum absolute atomic E-state index is 12.1. The number of methoxy groups -OCH3 is 3. The standard InChI is InChI=1S/C24H26N2O6/c1-15(2)17-7-9-18(10-8-17)24-25-21(32-26-24)14-31-22(27)11-6-16-12-19(28-3)23(30-5)20(13-16)29-4/h6-13,15H,14H2,1-5H3/b11-6+. The third kappa shape index (κ3) is 5.46. The summed E-state index contributed by atoms with van der Waals surface area (Å²) in [6, 6.07) is 11.4. The van der Waals surface area contributed by atoms with Gasteiger partial charge in [0.25, 0.3) is 5.89 Å². The van der Waals surface area contributed by atoms with Crippen LogP contribution in [-0.2, 0) is 16.1 Å². The zero-order chi connectivity index (χ0) is 23.1. The summed E-state index contributed by atoms with van der Waals surface area (Å²) in [7, 11) is 4.57. The average Bonchev–Trinajstić information content (AvgIpc) is 3.29. The lowest BCUT2D eigenvalue weighted by molar-refractivity contribution is -0.139. The van der Waals surface area contributed by atoms with Crippen LogP contribution in [0.15, 0.2) is 47.0 Å². The van der Waals surface area contributed by atoms with Crippen molar-refractivity contribution >= 4 is 12.0 Å². The maximum atomic E-state index is 12.1. The molecule has 0 saturated carbocycles. The fraction of sp³-hybridized carbons (Fsp3) is 0.292. The molecule has 2 aromatic carbocycles. The summed E-state index contributed by atoms with van der Waals surface area (Å²) >= 11 is 0. The quantitative estimate of drug-likeness (QED) is 0.352. The molecule has 0 atom stereocenters. The Hall–Kier alpha value is -3.81. The first-order chi connectivity index (χ1) is 15.4. The molecule has 0 unspecified atom stereocenters. The van der Waals surface area contributed by atoms with Gasteiger partial charge in [-0.25, -0.2) is 4.79 Å². The van der Waals surface area contributed by atoms with E-state index in [4.69, 9.17) is 23.5 Å². The summed E-state index contributed by atoms with van der Waals surface area (Å²) in [5.41, 5.74) is 2.74. The minimum Gasteiger partial charge on any atom is -0.493 e. The SMILES string of the molecule is COc1cc(/C=C/C(=O)OCc2nc(-c3ccc(C(C)C)cc3)no2)cc(OC)c1OC. The lowest BCUT2D eigenvalue weighted by Crippen LogP contribution is -2.01. The topological polar surface area (TPSA) is 92.9 Å². The Bertz CT molecular complexity index is 1060. The molecule has 8 nitrogen and oxygen atoms in total. The molecule has 0 N–H and O–H groups in total. The Morgan fingerprint density at radius 3 is 2.25 bits per heavy atom. The van der Waals surface area contributed by atoms with Crippen molar-refractivity contribution in [2.75, 3.05) is 21.3 Å². The Morgan fingerprint density at radius 2 is 1.69 bits per heavy atom. The predicted octanol–water partition coefficient (Wildman–Crippen LogP) is 4.64. The van der Waals surface area contributed by atoms with Gasteiger partial charge in [-0.2, -0.15) is 4.98 Å². The molecule has 3 rings (SSSR count). The third-order valence-electron chi connectivity index (χ3n) is 4.74. The molecule has 32 heavy (non-hydrogen) atoms. The second-order valence-electron chi connectivity index (χ2n) is 7.19. The fourth-order valence-electron chi connectivity index (χ4n) is 2.99. The number of carbonyl (C=O) groups is 1. The molecule has 0 bridgehead atoms. The van der Waals surface area contributed by atoms with Gasteiger partial charge in [-0.05, 0) is 35.3 Å². The van der Waals surface area contributed by atoms with E-state index in [1.807, 2.05) is 24.3 Å². The van der Waals surface area contributed by atoms with Crippen molar-refractivity contribution in [3.05, 3.63) is 59.5 Å². The predicted molar refractivity (Wildman–Crippen MR) is 119 cm³/mol. The molecule has 3 aromatic rings. The van der Waals surface area contributed by atoms with E-state index in [0.29, 0.717) is 34.6 Å². The van der Waals surface area contributed by atoms with Crippen molar-refractivity contribution in [2.45, 2.75) is 26.4 Å². The number of hydrogen-bond donors (Lipinski definition) is 0. The normalized spacial score (nSPS) is 11.1. The van der Waals surface area contributed by atoms with E-state index in [-0.39, 0.29) is 12.5 Å². The van der Waals surface area contributed by atoms with Gasteiger partial charge in [-0.15, -0.1) is 0 Å². The smallest absolute Gasteiger partial charge is 0.331 e. The molecule has 1 aromatic heterocycles. The van der Waals surface area contributed by atoms with Crippen LogP contribution < -0.4 is 14.2 Å². The van der Waals surface area contributed by atoms with Gasteiger partial charge in [-0.3, -0.25) is 0 Å². The zero-order valence-corrected chi connectivity index (χ0v) is 18.7. The van der Waals surface area contributed by atoms with Crippen LogP contribution in [-0.4, -0.2) is 37.4 Å². The molecule has 8 heteroatoms. The highest BCUT2D eigenvalue weighted by molar-refractivity contribution is 5.87. The molecule has 0 saturated heterocycles. The molecular weight excluding hydrogens is 412 g/mol. The zero-order valence-electron chi connectivity index (χ0n) is 18.7. The number of esters is 1. The van der Waals surface area contributed by atoms with E-state index < -0.39 is 5.97 Å². The Labute approximate surface area is 186 Å². The van der Waals surface area contributed by atoms with Crippen LogP contribution in [0.2, 0.25) is 0 Å². The van der Waals surface area contributed by atoms with Crippen LogP contribution in [0.25, 0.3) is 17.5 Å². The Morgan fingerprint density at radius 1 is 1.03 bits per heavy atom. The number of aromatic nitrogens is 2. The summed E-state index contributed by atoms with van der Waals surface area (Å²) in [4.78, 5) is 16.4. The van der Waals surface area contributed by atoms with Gasteiger partial charge in [-0.1, -0.05) is 43.3 Å². The lowest BCUT2D eigenvalue weighted by atomic mass is 10.0. The van der Waals surface area contributed by atoms with Gasteiger partial charge in [0.05, 0.1) is 21.3 Å². The number of hydrogen-bond acceptors (Lipinski definition) is 8. The van der Waals surface area contributed by atoms with Crippen molar-refractivity contribution in [1.29, 1.82) is 0 Å². The fourth-order valence-corrected chi connectivity index (χ4v) is 2.99. The lowest BCUT2D eigenvalue weighted by Gasteiger charge is -2.12. The summed E-state index contributed by atoms with van der Waals surface area (Å²) in [6.07, 6.45) is 2.88. The van der Waals surface area contributed by atoms with Crippen molar-refractivity contribution in [2.24, 2.45) is 0 Å². The van der Waals surface area contributed by atoms with Gasteiger partial charge < -0.3 is 23.5 Å². The minimum absolute atomic E-state index is 0.129. The third-order valence-corrected chi connectivity index (χ3v) is 4.74. The van der Waals surface area contributed by atoms with Crippen molar-refractivity contribution in [3.63, 3.8) is 0 Å². The van der Waals surface area contributed by atoms with Crippen molar-refractivity contribution in [3.8, 4) is 28.6 Å². The van der Waals surface area contributed by atoms with Gasteiger partial charge in [0.2, 0.25) is 11.6 Å². The molecule has 168 valence electrons. The monoisotopic (exact) mass is 438 g/mol. The molecule has 0 amide bonds. The van der Waals surface area contributed by atoms with Crippen LogP contribution in [0.1, 0.15) is 36.8 Å². The number of rotatable bonds is 9. The molecule has 0 aliphatic heterocycles. The van der Waals surface area contributed by atoms with E-state index in [0.717, 1.165) is 5.56 Å². The van der Waals surface area contributed by atoms with E-state index >= 15 is 0 Å². The van der Waals surface area contributed by atoms with Crippen LogP contribution >= 0.6 is 0 Å². The molecular formula is C24H26N2O6. The molecule has 0 aliphatic rings. The van der Waals surface area contributed by atoms with Gasteiger partial charge in [0, 0.05) is 11.6 Å². The van der Waals surface area contributed by atoms with E-state index in [9.17, 15) is 4.79 Å². The molecule has 0 fully saturated rings. The van der Waals surface area contributed by atoms with E-state index in [1.54, 1.807) is 18.2 Å². The van der Waals surface area contributed by atoms with Gasteiger partial charge in [0.15, 0.2) is 18.1 Å². The largest absolute Gasteiger partial charge is 0.493 e. The first kappa shape index (κ1) is 22.9. The summed E-state index contributed by atoms with van der Waals surface area (Å²) in [6.45, 7) is 4.13. The van der Waals surface area contributed by atoms with Crippen LogP contribution in [0.3, 0.4) is 0 Å². The summed E-state index contributed by atoms with van der Waals surface area (Å²) in [5, 5.41) is 3.95. The molecule has 1 heterocycles. The van der Waals surface area contributed by atoms with Crippen LogP contribution in [0, 0.1) is 0 Å². The van der Waals surface area contributed by atoms with Crippen molar-refractivity contribution < 1.29 is 28.3 Å². The first-order valence-corrected chi connectivity index (χ1v) is 10.0. The Balaban J connectivity index is 1.61. The minimum atomic E-state index is -0.556. The average molecular weight is 438 g/mol. The molecule has 0 radical (unpaired) electrons. The molecule has 0 spiro atoms. The highest BCUT2D eigenvalue weighted by atomic mass is 16.6. The number of nitrogens with zero attached hydrogens (tertiary/aromatic N) is 2. The van der Waals surface area contributed by atoms with Gasteiger partial charge >= 0.3 is 5.97 Å². The number of carbonyl (C=O) groups excluding carboxylic acids is 1. The Kier molecular flexibility index (Phi) is 7.49. The maximum Gasteiger partial charge on any atom is 0.331 e. The highest BCUT2D eigenvalue weighted by Gasteiger charge is 2.13. The van der Waals surface area contributed by atoms with Crippen LogP contribution in [0.4, 0.5) is 0 Å². The highest BCUT2D eigenvalue weighted by Crippen LogP contribution is 2.38. The number of ether oxygens (including phenoxy) is 4. The van der Waals surface area contributed by atoms with E-state index in [2.05, 4.69) is 24.0 Å². The van der Waals surface area contributed by atoms with E-state index in [1.165, 1.54) is 33.0 Å². The van der Waals surface area contributed by atoms with Crippen molar-refractivity contribution in [1.82, 2.24) is 10.1 Å². The number of benzene rings is 2. The summed E-state index contributed by atoms with van der Waals surface area (Å²) in [5.74, 6) is 1.99.